The van der Waals surface area contributed by atoms with Gasteiger partial charge < -0.3 is 70.3 Å². The van der Waals surface area contributed by atoms with Crippen molar-refractivity contribution in [1.29, 1.82) is 0 Å². The highest BCUT2D eigenvalue weighted by Gasteiger charge is 2.44. The topological polar surface area (TPSA) is 278 Å². The van der Waals surface area contributed by atoms with Gasteiger partial charge in [-0.3, -0.25) is 9.78 Å². The normalized spacial score (nSPS) is 25.1. The fourth-order valence-electron chi connectivity index (χ4n) is 8.52. The second-order valence-corrected chi connectivity index (χ2v) is 16.7. The van der Waals surface area contributed by atoms with E-state index >= 15 is 0 Å². The monoisotopic (exact) mass is 851 g/mol. The Labute approximate surface area is 354 Å². The molecule has 17 heteroatoms. The van der Waals surface area contributed by atoms with E-state index in [0.29, 0.717) is 11.9 Å². The number of carbonyl (C=O) groups is 1. The number of ether oxygens (including phenoxy) is 2. The van der Waals surface area contributed by atoms with E-state index in [-0.39, 0.29) is 37.3 Å². The Bertz CT molecular complexity index is 2270. The minimum Gasteiger partial charge on any atom is -0.394 e. The third-order valence-electron chi connectivity index (χ3n) is 12.7. The third kappa shape index (κ3) is 9.33. The van der Waals surface area contributed by atoms with Gasteiger partial charge in [-0.1, -0.05) is 13.8 Å². The van der Waals surface area contributed by atoms with Crippen LogP contribution in [0.1, 0.15) is 96.9 Å². The molecule has 8 bridgehead atoms. The Morgan fingerprint density at radius 3 is 2.18 bits per heavy atom. The van der Waals surface area contributed by atoms with E-state index in [2.05, 4.69) is 29.9 Å². The Balaban J connectivity index is 1.42. The molecule has 0 spiro atoms. The zero-order chi connectivity index (χ0) is 44.6. The molecule has 0 aliphatic carbocycles. The van der Waals surface area contributed by atoms with Gasteiger partial charge in [0.25, 0.3) is 0 Å². The molecule has 0 unspecified atom stereocenters. The number of carbonyl (C=O) groups excluding carboxylic acids is 1. The first-order chi connectivity index (χ1) is 28.9. The van der Waals surface area contributed by atoms with E-state index in [1.54, 1.807) is 0 Å². The molecule has 0 radical (unpaired) electrons. The van der Waals surface area contributed by atoms with Crippen LogP contribution in [-0.4, -0.2) is 159 Å². The van der Waals surface area contributed by atoms with Gasteiger partial charge in [0.05, 0.1) is 31.2 Å². The van der Waals surface area contributed by atoms with E-state index in [1.165, 1.54) is 11.9 Å². The predicted octanol–water partition coefficient (Wildman–Crippen LogP) is 1.46. The van der Waals surface area contributed by atoms with Crippen molar-refractivity contribution in [3.05, 3.63) is 69.3 Å². The molecular weight excluding hydrogens is 791 g/mol. The summed E-state index contributed by atoms with van der Waals surface area (Å²) in [7, 11) is 1.48. The van der Waals surface area contributed by atoms with Crippen molar-refractivity contribution in [1.82, 2.24) is 24.8 Å². The maximum atomic E-state index is 13.5. The number of allylic oxidation sites excluding steroid dienone is 2. The lowest BCUT2D eigenvalue weighted by atomic mass is 9.86. The highest BCUT2D eigenvalue weighted by atomic mass is 16.7. The lowest BCUT2D eigenvalue weighted by molar-refractivity contribution is -0.304. The summed E-state index contributed by atoms with van der Waals surface area (Å²) >= 11 is 0. The SMILES string of the molecule is CCC1=C(C)c2cc3[nH]c(cc4nc(c(C)c5cc(C)c(cc1n2)[nH]5)[C@@H](CCC(=O)N(C)C[C@H](O)[C@@H](O)[C@H](O)[C@H](O)CO)[C@@H]4C)c(C)c3CO[C@@H]1O[C@H](CO)[C@@H](O)[C@H](O)[C@H]1O. The highest BCUT2D eigenvalue weighted by molar-refractivity contribution is 5.92. The summed E-state index contributed by atoms with van der Waals surface area (Å²) in [5.74, 6) is -0.694. The van der Waals surface area contributed by atoms with Gasteiger partial charge >= 0.3 is 0 Å². The fourth-order valence-corrected chi connectivity index (χ4v) is 8.52. The van der Waals surface area contributed by atoms with Gasteiger partial charge in [-0.05, 0) is 92.6 Å². The molecule has 334 valence electrons. The van der Waals surface area contributed by atoms with Crippen LogP contribution < -0.4 is 0 Å². The number of aliphatic hydroxyl groups excluding tert-OH is 9. The molecule has 3 aliphatic rings. The number of amides is 1. The molecule has 11 atom stereocenters. The van der Waals surface area contributed by atoms with Gasteiger partial charge in [-0.2, -0.15) is 0 Å². The molecule has 11 N–H and O–H groups in total. The van der Waals surface area contributed by atoms with Crippen molar-refractivity contribution in [2.45, 2.75) is 134 Å². The Kier molecular flexibility index (Phi) is 14.5. The molecule has 3 aromatic heterocycles. The predicted molar refractivity (Wildman–Crippen MR) is 226 cm³/mol. The zero-order valence-corrected chi connectivity index (χ0v) is 35.7. The summed E-state index contributed by atoms with van der Waals surface area (Å²) < 4.78 is 11.7. The van der Waals surface area contributed by atoms with E-state index in [1.807, 2.05) is 45.9 Å². The number of rotatable bonds is 14. The molecule has 1 amide bonds. The minimum atomic E-state index is -1.81. The van der Waals surface area contributed by atoms with Crippen LogP contribution in [0, 0.1) is 20.8 Å². The van der Waals surface area contributed by atoms with E-state index in [9.17, 15) is 45.6 Å². The second-order valence-electron chi connectivity index (χ2n) is 16.7. The summed E-state index contributed by atoms with van der Waals surface area (Å²) in [5.41, 5.74) is 11.9. The van der Waals surface area contributed by atoms with Crippen LogP contribution in [-0.2, 0) is 20.9 Å². The zero-order valence-electron chi connectivity index (χ0n) is 35.7. The molecule has 6 heterocycles. The summed E-state index contributed by atoms with van der Waals surface area (Å²) in [6.45, 7) is 10.3. The largest absolute Gasteiger partial charge is 0.394 e. The molecule has 0 saturated carbocycles. The smallest absolute Gasteiger partial charge is 0.222 e. The molecule has 3 aliphatic heterocycles. The van der Waals surface area contributed by atoms with Crippen molar-refractivity contribution < 1.29 is 60.2 Å². The van der Waals surface area contributed by atoms with Crippen molar-refractivity contribution in [2.75, 3.05) is 26.8 Å². The molecule has 1 saturated heterocycles. The van der Waals surface area contributed by atoms with E-state index < -0.39 is 68.3 Å². The van der Waals surface area contributed by atoms with Crippen LogP contribution >= 0.6 is 0 Å². The number of likely N-dealkylation sites (N-methyl/N-ethyl adjacent to an activating group) is 1. The number of nitrogens with zero attached hydrogens (tertiary/aromatic N) is 3. The molecule has 3 aromatic rings. The van der Waals surface area contributed by atoms with Crippen molar-refractivity contribution in [3.63, 3.8) is 0 Å². The first-order valence-electron chi connectivity index (χ1n) is 20.8. The number of aromatic amines is 2. The first-order valence-corrected chi connectivity index (χ1v) is 20.8. The van der Waals surface area contributed by atoms with Crippen molar-refractivity contribution >= 4 is 39.1 Å². The number of H-pyrrole nitrogens is 2. The maximum absolute atomic E-state index is 13.5. The number of aryl methyl sites for hydroxylation is 3. The van der Waals surface area contributed by atoms with Gasteiger partial charge in [0, 0.05) is 70.9 Å². The average Bonchev–Trinajstić information content (AvgIpc) is 3.95. The molecule has 6 rings (SSSR count). The summed E-state index contributed by atoms with van der Waals surface area (Å²) in [5, 5.41) is 91.0. The average molecular weight is 852 g/mol. The van der Waals surface area contributed by atoms with Crippen LogP contribution in [0.2, 0.25) is 0 Å². The van der Waals surface area contributed by atoms with Crippen LogP contribution in [0.5, 0.6) is 0 Å². The molecule has 1 fully saturated rings. The highest BCUT2D eigenvalue weighted by Crippen LogP contribution is 2.42. The molecule has 17 nitrogen and oxygen atoms in total. The number of hydrogen-bond donors (Lipinski definition) is 11. The third-order valence-corrected chi connectivity index (χ3v) is 12.7. The lowest BCUT2D eigenvalue weighted by Crippen LogP contribution is -2.59. The van der Waals surface area contributed by atoms with Crippen molar-refractivity contribution in [3.8, 4) is 0 Å². The second kappa shape index (κ2) is 19.1. The van der Waals surface area contributed by atoms with Gasteiger partial charge in [0.1, 0.15) is 48.8 Å². The standard InChI is InChI=1S/C44H61N5O12/c1-8-24-20(3)30-14-33-26(18-60-44-43(59)42(58)41(57)36(17-51)61-44)22(5)29(47-33)13-31-21(4)25(9-10-37(54)49(7)15-34(52)39(55)40(56)35(53)16-50)38(48-31)23(6)28-11-19(2)27(45-28)12-32(24)46-30/h11-14,21,25,34-36,39-45,47,50-53,55-59H,8-10,15-18H2,1-7H3/t21-,25-,34-,35+,36+,39+,40+,41+,42-,43+,44+/m0/s1. The van der Waals surface area contributed by atoms with Crippen LogP contribution in [0.3, 0.4) is 0 Å². The van der Waals surface area contributed by atoms with Crippen LogP contribution in [0.25, 0.3) is 33.2 Å². The van der Waals surface area contributed by atoms with Crippen LogP contribution in [0.4, 0.5) is 0 Å². The lowest BCUT2D eigenvalue weighted by Gasteiger charge is -2.39. The minimum absolute atomic E-state index is 0.0719. The van der Waals surface area contributed by atoms with Gasteiger partial charge in [-0.15, -0.1) is 0 Å². The summed E-state index contributed by atoms with van der Waals surface area (Å²) in [4.78, 5) is 32.2. The Morgan fingerprint density at radius 1 is 0.852 bits per heavy atom. The fraction of sp³-hybridized carbons (Fsp3) is 0.568. The number of aromatic nitrogens is 4. The quantitative estimate of drug-likeness (QED) is 0.110. The molecular formula is C44H61N5O12. The van der Waals surface area contributed by atoms with Gasteiger partial charge in [0.2, 0.25) is 5.91 Å². The summed E-state index contributed by atoms with van der Waals surface area (Å²) in [6, 6.07) is 8.04. The number of fused-ring (bicyclic) bond motifs is 8. The van der Waals surface area contributed by atoms with Crippen LogP contribution in [0.15, 0.2) is 24.3 Å². The molecule has 0 aromatic carbocycles. The number of aliphatic hydroxyl groups is 9. The Morgan fingerprint density at radius 2 is 1.51 bits per heavy atom. The molecule has 61 heavy (non-hydrogen) atoms. The van der Waals surface area contributed by atoms with E-state index in [4.69, 9.17) is 24.5 Å². The number of nitrogens with one attached hydrogen (secondary N) is 2. The van der Waals surface area contributed by atoms with Gasteiger partial charge in [-0.25, -0.2) is 4.98 Å². The maximum Gasteiger partial charge on any atom is 0.222 e. The van der Waals surface area contributed by atoms with Crippen molar-refractivity contribution in [2.24, 2.45) is 0 Å². The van der Waals surface area contributed by atoms with E-state index in [0.717, 1.165) is 79.1 Å². The Hall–Kier alpha value is -4.11. The number of hydrogen-bond acceptors (Lipinski definition) is 14. The first kappa shape index (κ1) is 46.4. The summed E-state index contributed by atoms with van der Waals surface area (Å²) in [6.07, 6.45) is -12.8. The van der Waals surface area contributed by atoms with Gasteiger partial charge in [0.15, 0.2) is 6.29 Å².